The molecule has 3 nitrogen and oxygen atoms in total. The van der Waals surface area contributed by atoms with Crippen LogP contribution in [0.2, 0.25) is 0 Å². The number of alkyl halides is 4. The average molecular weight is 252 g/mol. The van der Waals surface area contributed by atoms with E-state index in [0.717, 1.165) is 12.1 Å². The second kappa shape index (κ2) is 4.23. The zero-order valence-electron chi connectivity index (χ0n) is 8.33. The second-order valence-electron chi connectivity index (χ2n) is 3.42. The molecule has 1 rings (SSSR count). The lowest BCUT2D eigenvalue weighted by Gasteiger charge is -2.26. The predicted molar refractivity (Wildman–Crippen MR) is 49.2 cm³/mol. The fourth-order valence-corrected chi connectivity index (χ4v) is 1.30. The first-order valence-corrected chi connectivity index (χ1v) is 4.44. The van der Waals surface area contributed by atoms with Crippen molar-refractivity contribution in [3.63, 3.8) is 0 Å². The van der Waals surface area contributed by atoms with Crippen molar-refractivity contribution >= 4 is 5.97 Å². The minimum absolute atomic E-state index is 0.339. The lowest BCUT2D eigenvalue weighted by atomic mass is 9.91. The van der Waals surface area contributed by atoms with E-state index in [4.69, 9.17) is 10.2 Å². The van der Waals surface area contributed by atoms with Gasteiger partial charge in [0.25, 0.3) is 0 Å². The van der Waals surface area contributed by atoms with E-state index in [0.29, 0.717) is 12.1 Å². The quantitative estimate of drug-likeness (QED) is 0.813. The summed E-state index contributed by atoms with van der Waals surface area (Å²) in [6, 6.07) is 3.12. The molecule has 7 heteroatoms. The number of phenolic OH excluding ortho intramolecular Hbond substituents is 1. The number of carboxylic acids is 1. The molecule has 0 fully saturated rings. The number of hydrogen-bond donors (Lipinski definition) is 2. The normalized spacial score (nSPS) is 15.3. The molecule has 0 aromatic heterocycles. The van der Waals surface area contributed by atoms with Crippen LogP contribution in [-0.4, -0.2) is 22.4 Å². The van der Waals surface area contributed by atoms with Gasteiger partial charge in [0.05, 0.1) is 6.42 Å². The van der Waals surface area contributed by atoms with Crippen molar-refractivity contribution in [2.75, 3.05) is 0 Å². The summed E-state index contributed by atoms with van der Waals surface area (Å²) in [7, 11) is 0. The maximum atomic E-state index is 13.8. The van der Waals surface area contributed by atoms with Gasteiger partial charge in [-0.25, -0.2) is 4.39 Å². The van der Waals surface area contributed by atoms with Crippen molar-refractivity contribution in [3.8, 4) is 5.75 Å². The summed E-state index contributed by atoms with van der Waals surface area (Å²) in [6.45, 7) is 0. The van der Waals surface area contributed by atoms with Crippen LogP contribution in [-0.2, 0) is 10.5 Å². The molecule has 0 aliphatic heterocycles. The average Bonchev–Trinajstić information content (AvgIpc) is 2.15. The van der Waals surface area contributed by atoms with Gasteiger partial charge in [-0.15, -0.1) is 0 Å². The molecule has 0 radical (unpaired) electrons. The van der Waals surface area contributed by atoms with E-state index >= 15 is 0 Å². The number of halogens is 4. The maximum absolute atomic E-state index is 13.8. The van der Waals surface area contributed by atoms with Gasteiger partial charge in [-0.2, -0.15) is 13.2 Å². The van der Waals surface area contributed by atoms with E-state index < -0.39 is 29.8 Å². The third kappa shape index (κ3) is 2.66. The third-order valence-electron chi connectivity index (χ3n) is 2.17. The van der Waals surface area contributed by atoms with Crippen LogP contribution >= 0.6 is 0 Å². The number of aliphatic carboxylic acids is 1. The Morgan fingerprint density at radius 1 is 1.12 bits per heavy atom. The summed E-state index contributed by atoms with van der Waals surface area (Å²) >= 11 is 0. The Balaban J connectivity index is 3.24. The molecule has 0 saturated carbocycles. The molecule has 0 aliphatic rings. The van der Waals surface area contributed by atoms with E-state index in [9.17, 15) is 22.4 Å². The van der Waals surface area contributed by atoms with Crippen LogP contribution in [0.5, 0.6) is 5.75 Å². The van der Waals surface area contributed by atoms with Crippen LogP contribution in [0.4, 0.5) is 17.6 Å². The van der Waals surface area contributed by atoms with E-state index in [-0.39, 0.29) is 5.75 Å². The Morgan fingerprint density at radius 3 is 1.94 bits per heavy atom. The van der Waals surface area contributed by atoms with Gasteiger partial charge < -0.3 is 10.2 Å². The van der Waals surface area contributed by atoms with Gasteiger partial charge in [-0.3, -0.25) is 4.79 Å². The first kappa shape index (κ1) is 13.3. The van der Waals surface area contributed by atoms with E-state index in [1.807, 2.05) is 0 Å². The molecule has 0 aliphatic carbocycles. The number of carboxylic acid groups (broad SMARTS) is 1. The lowest BCUT2D eigenvalue weighted by molar-refractivity contribution is -0.239. The number of aromatic hydroxyl groups is 1. The van der Waals surface area contributed by atoms with E-state index in [1.54, 1.807) is 0 Å². The van der Waals surface area contributed by atoms with Crippen LogP contribution in [0.1, 0.15) is 12.0 Å². The molecule has 1 aromatic rings. The molecule has 1 atom stereocenters. The highest BCUT2D eigenvalue weighted by atomic mass is 19.4. The smallest absolute Gasteiger partial charge is 0.427 e. The second-order valence-corrected chi connectivity index (χ2v) is 3.42. The summed E-state index contributed by atoms with van der Waals surface area (Å²) in [6.07, 6.45) is -7.07. The molecule has 0 heterocycles. The Morgan fingerprint density at radius 2 is 1.59 bits per heavy atom. The Labute approximate surface area is 93.3 Å². The third-order valence-corrected chi connectivity index (χ3v) is 2.17. The van der Waals surface area contributed by atoms with Gasteiger partial charge in [0.1, 0.15) is 5.75 Å². The van der Waals surface area contributed by atoms with Crippen molar-refractivity contribution in [2.45, 2.75) is 18.3 Å². The highest BCUT2D eigenvalue weighted by Crippen LogP contribution is 2.45. The van der Waals surface area contributed by atoms with Gasteiger partial charge in [-0.1, -0.05) is 12.1 Å². The molecular weight excluding hydrogens is 244 g/mol. The van der Waals surface area contributed by atoms with Gasteiger partial charge in [-0.05, 0) is 17.7 Å². The fourth-order valence-electron chi connectivity index (χ4n) is 1.30. The zero-order valence-corrected chi connectivity index (χ0v) is 8.33. The minimum atomic E-state index is -5.34. The van der Waals surface area contributed by atoms with Crippen LogP contribution in [0, 0.1) is 0 Å². The summed E-state index contributed by atoms with van der Waals surface area (Å²) < 4.78 is 51.5. The first-order valence-electron chi connectivity index (χ1n) is 4.44. The minimum Gasteiger partial charge on any atom is -0.508 e. The Kier molecular flexibility index (Phi) is 3.30. The van der Waals surface area contributed by atoms with E-state index in [1.165, 1.54) is 0 Å². The predicted octanol–water partition coefficient (Wildman–Crippen LogP) is 2.59. The molecule has 0 bridgehead atoms. The molecule has 0 spiro atoms. The first-order chi connectivity index (χ1) is 7.67. The molecule has 2 N–H and O–H groups in total. The Hall–Kier alpha value is -1.79. The summed E-state index contributed by atoms with van der Waals surface area (Å²) in [5, 5.41) is 17.2. The highest BCUT2D eigenvalue weighted by molar-refractivity contribution is 5.69. The van der Waals surface area contributed by atoms with Crippen molar-refractivity contribution in [3.05, 3.63) is 29.8 Å². The van der Waals surface area contributed by atoms with Gasteiger partial charge in [0, 0.05) is 0 Å². The Bertz CT molecular complexity index is 413. The molecule has 0 amide bonds. The molecular formula is C10H8F4O3. The van der Waals surface area contributed by atoms with Crippen LogP contribution < -0.4 is 0 Å². The number of hydrogen-bond acceptors (Lipinski definition) is 2. The standard InChI is InChI=1S/C10H8F4O3/c11-9(5-8(16)17,10(12,13)14)6-1-3-7(15)4-2-6/h1-4,15H,5H2,(H,16,17). The number of benzene rings is 1. The molecule has 0 saturated heterocycles. The van der Waals surface area contributed by atoms with Crippen molar-refractivity contribution in [1.29, 1.82) is 0 Å². The SMILES string of the molecule is O=C(O)CC(F)(c1ccc(O)cc1)C(F)(F)F. The van der Waals surface area contributed by atoms with Gasteiger partial charge >= 0.3 is 12.1 Å². The van der Waals surface area contributed by atoms with Crippen LogP contribution in [0.25, 0.3) is 0 Å². The highest BCUT2D eigenvalue weighted by Gasteiger charge is 2.58. The van der Waals surface area contributed by atoms with Gasteiger partial charge in [0.15, 0.2) is 0 Å². The summed E-state index contributed by atoms with van der Waals surface area (Å²) in [5.41, 5.74) is -4.82. The van der Waals surface area contributed by atoms with Crippen LogP contribution in [0.3, 0.4) is 0 Å². The van der Waals surface area contributed by atoms with E-state index in [2.05, 4.69) is 0 Å². The number of carbonyl (C=O) groups is 1. The van der Waals surface area contributed by atoms with Crippen molar-refractivity contribution in [1.82, 2.24) is 0 Å². The molecule has 1 aromatic carbocycles. The summed E-state index contributed by atoms with van der Waals surface area (Å²) in [5.74, 6) is -2.24. The van der Waals surface area contributed by atoms with Crippen LogP contribution in [0.15, 0.2) is 24.3 Å². The lowest BCUT2D eigenvalue weighted by Crippen LogP contribution is -2.40. The monoisotopic (exact) mass is 252 g/mol. The maximum Gasteiger partial charge on any atom is 0.427 e. The molecule has 1 unspecified atom stereocenters. The largest absolute Gasteiger partial charge is 0.508 e. The topological polar surface area (TPSA) is 57.5 Å². The van der Waals surface area contributed by atoms with Crippen molar-refractivity contribution < 1.29 is 32.6 Å². The van der Waals surface area contributed by atoms with Crippen molar-refractivity contribution in [2.24, 2.45) is 0 Å². The molecule has 17 heavy (non-hydrogen) atoms. The molecule has 94 valence electrons. The number of phenols is 1. The fraction of sp³-hybridized carbons (Fsp3) is 0.300. The van der Waals surface area contributed by atoms with Gasteiger partial charge in [0.2, 0.25) is 5.67 Å². The zero-order chi connectivity index (χ0) is 13.3. The summed E-state index contributed by atoms with van der Waals surface area (Å²) in [4.78, 5) is 10.3. The number of rotatable bonds is 3.